The number of nitrogens with two attached hydrogens (primary N) is 1. The van der Waals surface area contributed by atoms with Gasteiger partial charge in [-0.1, -0.05) is 0 Å². The quantitative estimate of drug-likeness (QED) is 0.743. The van der Waals surface area contributed by atoms with Crippen LogP contribution >= 0.6 is 0 Å². The zero-order valence-corrected chi connectivity index (χ0v) is 16.9. The number of imidazole rings is 1. The molecule has 2 aromatic heterocycles. The van der Waals surface area contributed by atoms with E-state index in [0.717, 1.165) is 44.6 Å². The van der Waals surface area contributed by atoms with Crippen molar-refractivity contribution in [1.82, 2.24) is 19.4 Å². The summed E-state index contributed by atoms with van der Waals surface area (Å²) in [7, 11) is 1.72. The summed E-state index contributed by atoms with van der Waals surface area (Å²) < 4.78 is 47.2. The van der Waals surface area contributed by atoms with Crippen molar-refractivity contribution in [3.05, 3.63) is 29.8 Å². The lowest BCUT2D eigenvalue weighted by atomic mass is 10.1. The minimum absolute atomic E-state index is 0.361. The predicted molar refractivity (Wildman–Crippen MR) is 106 cm³/mol. The lowest BCUT2D eigenvalue weighted by Crippen LogP contribution is -2.28. The minimum atomic E-state index is -4.54. The lowest BCUT2D eigenvalue weighted by Gasteiger charge is -2.20. The molecule has 3 heterocycles. The molecule has 1 aliphatic heterocycles. The first-order chi connectivity index (χ1) is 14.3. The first kappa shape index (κ1) is 19.8. The van der Waals surface area contributed by atoms with E-state index < -0.39 is 17.6 Å². The van der Waals surface area contributed by atoms with E-state index in [4.69, 9.17) is 15.5 Å². The van der Waals surface area contributed by atoms with Gasteiger partial charge in [0.2, 0.25) is 0 Å². The number of methoxy groups -OCH3 is 1. The second-order valence-corrected chi connectivity index (χ2v) is 8.82. The van der Waals surface area contributed by atoms with E-state index in [1.807, 2.05) is 6.20 Å². The average molecular weight is 421 g/mol. The number of likely N-dealkylation sites (tertiary alicyclic amines) is 1. The smallest absolute Gasteiger partial charge is 0.383 e. The standard InChI is InChI=1S/C21H26F3N5O/c1-30-5-4-28-9-14-15(10-28)19(14)29-11-17(27-18(29)6-12-2-3-12)13-7-16(21(22,23)24)20(25)26-8-13/h7-8,11-12,14-15,19H,2-6,9-10H2,1H3,(H2,25,26)/t14-,15+,19?. The van der Waals surface area contributed by atoms with Gasteiger partial charge in [0, 0.05) is 57.2 Å². The first-order valence-corrected chi connectivity index (χ1v) is 10.5. The average Bonchev–Trinajstić information content (AvgIpc) is 3.54. The van der Waals surface area contributed by atoms with Crippen molar-refractivity contribution in [2.45, 2.75) is 31.5 Å². The number of pyridine rings is 1. The van der Waals surface area contributed by atoms with Gasteiger partial charge in [-0.25, -0.2) is 9.97 Å². The van der Waals surface area contributed by atoms with E-state index in [-0.39, 0.29) is 0 Å². The van der Waals surface area contributed by atoms with Gasteiger partial charge in [-0.3, -0.25) is 0 Å². The monoisotopic (exact) mass is 421 g/mol. The fraction of sp³-hybridized carbons (Fsp3) is 0.619. The molecule has 30 heavy (non-hydrogen) atoms. The SMILES string of the molecule is COCCN1C[C@@H]2C(n3cc(-c4cnc(N)c(C(F)(F)F)c4)nc3CC3CC3)[C@@H]2C1. The summed E-state index contributed by atoms with van der Waals surface area (Å²) in [5.74, 6) is 2.29. The summed E-state index contributed by atoms with van der Waals surface area (Å²) in [5, 5.41) is 0. The van der Waals surface area contributed by atoms with Gasteiger partial charge in [-0.15, -0.1) is 0 Å². The number of anilines is 1. The highest BCUT2D eigenvalue weighted by Gasteiger charge is 2.57. The van der Waals surface area contributed by atoms with E-state index in [1.165, 1.54) is 19.0 Å². The molecule has 3 aliphatic rings. The number of nitrogen functional groups attached to an aromatic ring is 1. The molecule has 5 rings (SSSR count). The fourth-order valence-corrected chi connectivity index (χ4v) is 4.80. The second kappa shape index (κ2) is 7.23. The number of alkyl halides is 3. The van der Waals surface area contributed by atoms with Crippen LogP contribution in [0.3, 0.4) is 0 Å². The predicted octanol–water partition coefficient (Wildman–Crippen LogP) is 3.25. The van der Waals surface area contributed by atoms with E-state index in [2.05, 4.69) is 14.5 Å². The Balaban J connectivity index is 1.41. The molecule has 0 amide bonds. The fourth-order valence-electron chi connectivity index (χ4n) is 4.80. The molecule has 2 aromatic rings. The third-order valence-electron chi connectivity index (χ3n) is 6.65. The Morgan fingerprint density at radius 1 is 1.23 bits per heavy atom. The molecule has 0 bridgehead atoms. The molecule has 0 spiro atoms. The van der Waals surface area contributed by atoms with Crippen LogP contribution in [0.1, 0.15) is 30.3 Å². The topological polar surface area (TPSA) is 69.2 Å². The van der Waals surface area contributed by atoms with E-state index in [9.17, 15) is 13.2 Å². The molecule has 9 heteroatoms. The van der Waals surface area contributed by atoms with E-state index in [1.54, 1.807) is 7.11 Å². The minimum Gasteiger partial charge on any atom is -0.383 e. The summed E-state index contributed by atoms with van der Waals surface area (Å²) in [6, 6.07) is 1.46. The Hall–Kier alpha value is -2.13. The molecule has 0 radical (unpaired) electrons. The molecule has 2 N–H and O–H groups in total. The number of rotatable bonds is 7. The molecule has 2 aliphatic carbocycles. The van der Waals surface area contributed by atoms with Crippen LogP contribution in [0.5, 0.6) is 0 Å². The third kappa shape index (κ3) is 3.69. The second-order valence-electron chi connectivity index (χ2n) is 8.82. The van der Waals surface area contributed by atoms with E-state index >= 15 is 0 Å². The Labute approximate surface area is 173 Å². The number of fused-ring (bicyclic) bond motifs is 1. The Morgan fingerprint density at radius 3 is 2.60 bits per heavy atom. The molecule has 1 saturated heterocycles. The maximum Gasteiger partial charge on any atom is 0.419 e. The van der Waals surface area contributed by atoms with Gasteiger partial charge < -0.3 is 19.9 Å². The summed E-state index contributed by atoms with van der Waals surface area (Å²) in [6.45, 7) is 3.75. The molecule has 1 unspecified atom stereocenters. The van der Waals surface area contributed by atoms with Gasteiger partial charge in [-0.05, 0) is 36.7 Å². The van der Waals surface area contributed by atoms with Crippen LogP contribution in [0.2, 0.25) is 0 Å². The molecule has 3 atom stereocenters. The van der Waals surface area contributed by atoms with E-state index in [0.29, 0.717) is 35.1 Å². The largest absolute Gasteiger partial charge is 0.419 e. The highest BCUT2D eigenvalue weighted by atomic mass is 19.4. The summed E-state index contributed by atoms with van der Waals surface area (Å²) >= 11 is 0. The van der Waals surface area contributed by atoms with Crippen LogP contribution in [-0.2, 0) is 17.3 Å². The number of halogens is 3. The Morgan fingerprint density at radius 2 is 1.97 bits per heavy atom. The van der Waals surface area contributed by atoms with Crippen LogP contribution in [0.15, 0.2) is 18.5 Å². The van der Waals surface area contributed by atoms with Crippen molar-refractivity contribution in [3.8, 4) is 11.3 Å². The molecular weight excluding hydrogens is 395 g/mol. The normalized spacial score (nSPS) is 26.2. The number of hydrogen-bond donors (Lipinski definition) is 1. The highest BCUT2D eigenvalue weighted by Crippen LogP contribution is 2.56. The third-order valence-corrected chi connectivity index (χ3v) is 6.65. The van der Waals surface area contributed by atoms with Crippen molar-refractivity contribution < 1.29 is 17.9 Å². The molecule has 2 saturated carbocycles. The highest BCUT2D eigenvalue weighted by molar-refractivity contribution is 5.62. The Bertz CT molecular complexity index is 927. The molecule has 6 nitrogen and oxygen atoms in total. The van der Waals surface area contributed by atoms with Crippen LogP contribution in [0.4, 0.5) is 19.0 Å². The molecular formula is C21H26F3N5O. The zero-order chi connectivity index (χ0) is 21.0. The summed E-state index contributed by atoms with van der Waals surface area (Å²) in [5.41, 5.74) is 5.46. The van der Waals surface area contributed by atoms with Crippen molar-refractivity contribution in [2.24, 2.45) is 17.8 Å². The number of nitrogens with zero attached hydrogens (tertiary/aromatic N) is 4. The van der Waals surface area contributed by atoms with Gasteiger partial charge in [0.15, 0.2) is 0 Å². The van der Waals surface area contributed by atoms with Crippen LogP contribution in [0.25, 0.3) is 11.3 Å². The van der Waals surface area contributed by atoms with Gasteiger partial charge in [0.05, 0.1) is 17.9 Å². The first-order valence-electron chi connectivity index (χ1n) is 10.5. The number of aromatic nitrogens is 3. The maximum absolute atomic E-state index is 13.3. The van der Waals surface area contributed by atoms with Gasteiger partial charge in [-0.2, -0.15) is 13.2 Å². The van der Waals surface area contributed by atoms with Crippen molar-refractivity contribution >= 4 is 5.82 Å². The van der Waals surface area contributed by atoms with Gasteiger partial charge in [0.1, 0.15) is 11.6 Å². The van der Waals surface area contributed by atoms with Crippen molar-refractivity contribution in [2.75, 3.05) is 39.1 Å². The summed E-state index contributed by atoms with van der Waals surface area (Å²) in [6.07, 6.45) is 2.06. The number of piperidine rings is 1. The lowest BCUT2D eigenvalue weighted by molar-refractivity contribution is -0.137. The van der Waals surface area contributed by atoms with Crippen LogP contribution in [-0.4, -0.2) is 52.8 Å². The maximum atomic E-state index is 13.3. The molecule has 162 valence electrons. The molecule has 3 fully saturated rings. The number of hydrogen-bond acceptors (Lipinski definition) is 5. The number of ether oxygens (including phenoxy) is 1. The summed E-state index contributed by atoms with van der Waals surface area (Å²) in [4.78, 5) is 11.0. The van der Waals surface area contributed by atoms with Crippen LogP contribution in [0, 0.1) is 17.8 Å². The van der Waals surface area contributed by atoms with Gasteiger partial charge >= 0.3 is 6.18 Å². The van der Waals surface area contributed by atoms with Crippen molar-refractivity contribution in [1.29, 1.82) is 0 Å². The van der Waals surface area contributed by atoms with Gasteiger partial charge in [0.25, 0.3) is 0 Å². The Kier molecular flexibility index (Phi) is 4.77. The van der Waals surface area contributed by atoms with Crippen LogP contribution < -0.4 is 5.73 Å². The molecule has 0 aromatic carbocycles. The van der Waals surface area contributed by atoms with Crippen molar-refractivity contribution in [3.63, 3.8) is 0 Å². The zero-order valence-electron chi connectivity index (χ0n) is 16.9.